The van der Waals surface area contributed by atoms with E-state index in [4.69, 9.17) is 0 Å². The van der Waals surface area contributed by atoms with Crippen molar-refractivity contribution in [3.05, 3.63) is 29.3 Å². The maximum Gasteiger partial charge on any atom is 0.119 e. The molecule has 2 rings (SSSR count). The first-order valence-corrected chi connectivity index (χ1v) is 5.14. The normalized spacial score (nSPS) is 20.1. The molecule has 0 fully saturated rings. The van der Waals surface area contributed by atoms with Gasteiger partial charge in [0.1, 0.15) is 5.75 Å². The van der Waals surface area contributed by atoms with Crippen molar-refractivity contribution in [1.29, 1.82) is 0 Å². The van der Waals surface area contributed by atoms with E-state index in [1.807, 2.05) is 6.07 Å². The van der Waals surface area contributed by atoms with Crippen molar-refractivity contribution < 1.29 is 5.11 Å². The summed E-state index contributed by atoms with van der Waals surface area (Å²) in [5.74, 6) is 1.08. The Labute approximate surface area is 85.2 Å². The molecule has 1 aromatic rings. The van der Waals surface area contributed by atoms with Crippen LogP contribution in [0.3, 0.4) is 0 Å². The Balaban J connectivity index is 2.26. The van der Waals surface area contributed by atoms with Gasteiger partial charge in [-0.15, -0.1) is 0 Å². The van der Waals surface area contributed by atoms with Crippen LogP contribution in [-0.2, 0) is 6.42 Å². The van der Waals surface area contributed by atoms with Crippen molar-refractivity contribution in [3.8, 4) is 5.75 Å². The maximum atomic E-state index is 9.67. The van der Waals surface area contributed by atoms with Crippen LogP contribution in [0.4, 0.5) is 0 Å². The van der Waals surface area contributed by atoms with Crippen LogP contribution in [0, 0.1) is 0 Å². The van der Waals surface area contributed by atoms with Crippen molar-refractivity contribution in [2.45, 2.75) is 18.8 Å². The van der Waals surface area contributed by atoms with E-state index >= 15 is 0 Å². The second-order valence-electron chi connectivity index (χ2n) is 4.34. The Morgan fingerprint density at radius 1 is 1.43 bits per heavy atom. The van der Waals surface area contributed by atoms with Gasteiger partial charge in [0.05, 0.1) is 0 Å². The molecule has 0 saturated heterocycles. The van der Waals surface area contributed by atoms with Gasteiger partial charge in [0, 0.05) is 6.54 Å². The minimum atomic E-state index is 0.476. The largest absolute Gasteiger partial charge is 0.508 e. The van der Waals surface area contributed by atoms with Gasteiger partial charge in [-0.3, -0.25) is 0 Å². The standard InChI is InChI=1S/C12H17NO/c1-13(2)8-9-6-7-11-10(9)4-3-5-12(11)14/h3-5,9,14H,6-8H2,1-2H3. The van der Waals surface area contributed by atoms with E-state index in [-0.39, 0.29) is 0 Å². The predicted octanol–water partition coefficient (Wildman–Crippen LogP) is 1.98. The van der Waals surface area contributed by atoms with Crippen LogP contribution in [0.25, 0.3) is 0 Å². The molecule has 0 radical (unpaired) electrons. The summed E-state index contributed by atoms with van der Waals surface area (Å²) in [7, 11) is 4.20. The lowest BCUT2D eigenvalue weighted by Crippen LogP contribution is -2.18. The number of hydrogen-bond donors (Lipinski definition) is 1. The van der Waals surface area contributed by atoms with E-state index in [0.29, 0.717) is 11.7 Å². The summed E-state index contributed by atoms with van der Waals surface area (Å²) in [6.07, 6.45) is 2.20. The summed E-state index contributed by atoms with van der Waals surface area (Å²) in [6.45, 7) is 1.08. The lowest BCUT2D eigenvalue weighted by molar-refractivity contribution is 0.372. The molecular weight excluding hydrogens is 174 g/mol. The predicted molar refractivity (Wildman–Crippen MR) is 57.7 cm³/mol. The van der Waals surface area contributed by atoms with Gasteiger partial charge < -0.3 is 10.0 Å². The van der Waals surface area contributed by atoms with Gasteiger partial charge in [-0.1, -0.05) is 12.1 Å². The third-order valence-electron chi connectivity index (χ3n) is 2.96. The zero-order valence-corrected chi connectivity index (χ0v) is 8.83. The van der Waals surface area contributed by atoms with Crippen molar-refractivity contribution in [2.75, 3.05) is 20.6 Å². The fraction of sp³-hybridized carbons (Fsp3) is 0.500. The number of phenolic OH excluding ortho intramolecular Hbond substituents is 1. The van der Waals surface area contributed by atoms with Crippen LogP contribution >= 0.6 is 0 Å². The fourth-order valence-corrected chi connectivity index (χ4v) is 2.35. The third kappa shape index (κ3) is 1.62. The van der Waals surface area contributed by atoms with E-state index in [0.717, 1.165) is 13.0 Å². The van der Waals surface area contributed by atoms with Crippen molar-refractivity contribution in [3.63, 3.8) is 0 Å². The molecule has 76 valence electrons. The molecule has 0 spiro atoms. The number of aromatic hydroxyl groups is 1. The molecule has 14 heavy (non-hydrogen) atoms. The van der Waals surface area contributed by atoms with Crippen LogP contribution in [0.2, 0.25) is 0 Å². The highest BCUT2D eigenvalue weighted by molar-refractivity contribution is 5.44. The molecule has 1 N–H and O–H groups in total. The summed E-state index contributed by atoms with van der Waals surface area (Å²) in [5, 5.41) is 9.67. The monoisotopic (exact) mass is 191 g/mol. The molecule has 0 heterocycles. The third-order valence-corrected chi connectivity index (χ3v) is 2.96. The van der Waals surface area contributed by atoms with Crippen molar-refractivity contribution in [2.24, 2.45) is 0 Å². The number of rotatable bonds is 2. The van der Waals surface area contributed by atoms with Gasteiger partial charge in [0.15, 0.2) is 0 Å². The Bertz CT molecular complexity index is 333. The Hall–Kier alpha value is -1.02. The fourth-order valence-electron chi connectivity index (χ4n) is 2.35. The number of fused-ring (bicyclic) bond motifs is 1. The van der Waals surface area contributed by atoms with E-state index in [1.54, 1.807) is 6.07 Å². The summed E-state index contributed by atoms with van der Waals surface area (Å²) < 4.78 is 0. The van der Waals surface area contributed by atoms with Crippen LogP contribution in [0.5, 0.6) is 5.75 Å². The highest BCUT2D eigenvalue weighted by atomic mass is 16.3. The molecule has 1 unspecified atom stereocenters. The van der Waals surface area contributed by atoms with Crippen LogP contribution < -0.4 is 0 Å². The van der Waals surface area contributed by atoms with Crippen LogP contribution in [-0.4, -0.2) is 30.6 Å². The smallest absolute Gasteiger partial charge is 0.119 e. The minimum Gasteiger partial charge on any atom is -0.508 e. The van der Waals surface area contributed by atoms with Crippen LogP contribution in [0.15, 0.2) is 18.2 Å². The second kappa shape index (κ2) is 3.62. The van der Waals surface area contributed by atoms with Crippen molar-refractivity contribution in [1.82, 2.24) is 4.90 Å². The summed E-state index contributed by atoms with van der Waals surface area (Å²) in [5.41, 5.74) is 2.51. The summed E-state index contributed by atoms with van der Waals surface area (Å²) >= 11 is 0. The van der Waals surface area contributed by atoms with Gasteiger partial charge in [-0.2, -0.15) is 0 Å². The van der Waals surface area contributed by atoms with E-state index in [1.165, 1.54) is 17.5 Å². The quantitative estimate of drug-likeness (QED) is 0.772. The first-order chi connectivity index (χ1) is 6.68. The molecule has 0 aromatic heterocycles. The SMILES string of the molecule is CN(C)CC1CCc2c(O)cccc21. The molecule has 1 aliphatic carbocycles. The number of phenols is 1. The summed E-state index contributed by atoms with van der Waals surface area (Å²) in [6, 6.07) is 5.88. The van der Waals surface area contributed by atoms with E-state index in [2.05, 4.69) is 25.1 Å². The minimum absolute atomic E-state index is 0.476. The van der Waals surface area contributed by atoms with Gasteiger partial charge in [0.2, 0.25) is 0 Å². The molecule has 1 atom stereocenters. The van der Waals surface area contributed by atoms with Gasteiger partial charge >= 0.3 is 0 Å². The molecule has 0 amide bonds. The highest BCUT2D eigenvalue weighted by Gasteiger charge is 2.24. The lowest BCUT2D eigenvalue weighted by atomic mass is 10.0. The average Bonchev–Trinajstić information content (AvgIpc) is 2.49. The first-order valence-electron chi connectivity index (χ1n) is 5.14. The number of benzene rings is 1. The molecule has 0 bridgehead atoms. The number of nitrogens with zero attached hydrogens (tertiary/aromatic N) is 1. The second-order valence-corrected chi connectivity index (χ2v) is 4.34. The Morgan fingerprint density at radius 2 is 2.21 bits per heavy atom. The van der Waals surface area contributed by atoms with Gasteiger partial charge in [-0.25, -0.2) is 0 Å². The first kappa shape index (κ1) is 9.53. The summed E-state index contributed by atoms with van der Waals surface area (Å²) in [4.78, 5) is 2.21. The zero-order valence-electron chi connectivity index (χ0n) is 8.83. The molecule has 0 saturated carbocycles. The lowest BCUT2D eigenvalue weighted by Gasteiger charge is -2.16. The maximum absolute atomic E-state index is 9.67. The Morgan fingerprint density at radius 3 is 2.93 bits per heavy atom. The van der Waals surface area contributed by atoms with Crippen LogP contribution in [0.1, 0.15) is 23.5 Å². The van der Waals surface area contributed by atoms with Crippen molar-refractivity contribution >= 4 is 0 Å². The van der Waals surface area contributed by atoms with E-state index < -0.39 is 0 Å². The molecule has 1 aliphatic rings. The molecule has 2 nitrogen and oxygen atoms in total. The molecular formula is C12H17NO. The number of hydrogen-bond acceptors (Lipinski definition) is 2. The average molecular weight is 191 g/mol. The Kier molecular flexibility index (Phi) is 2.46. The molecule has 0 aliphatic heterocycles. The highest BCUT2D eigenvalue weighted by Crippen LogP contribution is 2.37. The topological polar surface area (TPSA) is 23.5 Å². The van der Waals surface area contributed by atoms with Gasteiger partial charge in [-0.05, 0) is 50.0 Å². The molecule has 1 aromatic carbocycles. The number of likely N-dealkylation sites (N-methyl/N-ethyl adjacent to an activating group) is 1. The van der Waals surface area contributed by atoms with E-state index in [9.17, 15) is 5.11 Å². The zero-order chi connectivity index (χ0) is 10.1. The molecule has 2 heteroatoms. The van der Waals surface area contributed by atoms with Gasteiger partial charge in [0.25, 0.3) is 0 Å².